The van der Waals surface area contributed by atoms with Gasteiger partial charge in [-0.15, -0.1) is 0 Å². The Balaban J connectivity index is 2.79. The van der Waals surface area contributed by atoms with Crippen molar-refractivity contribution in [1.29, 1.82) is 0 Å². The summed E-state index contributed by atoms with van der Waals surface area (Å²) in [5.41, 5.74) is 1.21. The molecule has 0 radical (unpaired) electrons. The van der Waals surface area contributed by atoms with Gasteiger partial charge in [0.15, 0.2) is 0 Å². The molecule has 1 nitrogen and oxygen atoms in total. The first kappa shape index (κ1) is 13.9. The lowest BCUT2D eigenvalue weighted by Gasteiger charge is -2.18. The summed E-state index contributed by atoms with van der Waals surface area (Å²) in [5, 5.41) is 0.448. The SMILES string of the molecule is CC(C)C(Cc1cccc(Br)c1)C(=O)CBr. The fourth-order valence-corrected chi connectivity index (χ4v) is 2.60. The summed E-state index contributed by atoms with van der Waals surface area (Å²) >= 11 is 6.70. The number of hydrogen-bond acceptors (Lipinski definition) is 1. The fraction of sp³-hybridized carbons (Fsp3) is 0.462. The van der Waals surface area contributed by atoms with Crippen LogP contribution in [-0.2, 0) is 11.2 Å². The Labute approximate surface area is 114 Å². The monoisotopic (exact) mass is 346 g/mol. The van der Waals surface area contributed by atoms with Crippen LogP contribution in [0.3, 0.4) is 0 Å². The molecule has 1 aromatic rings. The summed E-state index contributed by atoms with van der Waals surface area (Å²) in [6.45, 7) is 4.20. The largest absolute Gasteiger partial charge is 0.298 e. The molecule has 1 atom stereocenters. The van der Waals surface area contributed by atoms with Gasteiger partial charge in [0.1, 0.15) is 5.78 Å². The Morgan fingerprint density at radius 1 is 1.38 bits per heavy atom. The summed E-state index contributed by atoms with van der Waals surface area (Å²) < 4.78 is 1.07. The molecule has 0 saturated carbocycles. The lowest BCUT2D eigenvalue weighted by molar-refractivity contribution is -0.121. The van der Waals surface area contributed by atoms with E-state index in [4.69, 9.17) is 0 Å². The quantitative estimate of drug-likeness (QED) is 0.728. The average Bonchev–Trinajstić information content (AvgIpc) is 2.24. The standard InChI is InChI=1S/C13H16Br2O/c1-9(2)12(13(16)8-14)7-10-4-3-5-11(15)6-10/h3-6,9,12H,7-8H2,1-2H3. The Morgan fingerprint density at radius 3 is 2.56 bits per heavy atom. The van der Waals surface area contributed by atoms with E-state index in [1.807, 2.05) is 12.1 Å². The topological polar surface area (TPSA) is 17.1 Å². The van der Waals surface area contributed by atoms with Crippen LogP contribution in [0.2, 0.25) is 0 Å². The number of carbonyl (C=O) groups is 1. The highest BCUT2D eigenvalue weighted by atomic mass is 79.9. The molecule has 0 aliphatic carbocycles. The van der Waals surface area contributed by atoms with Crippen LogP contribution >= 0.6 is 31.9 Å². The Hall–Kier alpha value is -0.150. The van der Waals surface area contributed by atoms with Crippen molar-refractivity contribution < 1.29 is 4.79 Å². The third-order valence-electron chi connectivity index (χ3n) is 2.69. The lowest BCUT2D eigenvalue weighted by atomic mass is 9.86. The number of rotatable bonds is 5. The molecule has 0 aliphatic rings. The normalized spacial score (nSPS) is 12.8. The molecule has 0 spiro atoms. The first-order valence-corrected chi connectivity index (χ1v) is 7.29. The van der Waals surface area contributed by atoms with Gasteiger partial charge in [-0.1, -0.05) is 57.8 Å². The van der Waals surface area contributed by atoms with E-state index in [1.165, 1.54) is 5.56 Å². The molecule has 16 heavy (non-hydrogen) atoms. The Kier molecular flexibility index (Phi) is 5.70. The van der Waals surface area contributed by atoms with Gasteiger partial charge in [0.2, 0.25) is 0 Å². The van der Waals surface area contributed by atoms with Crippen molar-refractivity contribution >= 4 is 37.6 Å². The van der Waals surface area contributed by atoms with Gasteiger partial charge in [0.05, 0.1) is 5.33 Å². The molecule has 0 heterocycles. The van der Waals surface area contributed by atoms with Crippen molar-refractivity contribution in [2.24, 2.45) is 11.8 Å². The van der Waals surface area contributed by atoms with Gasteiger partial charge in [0.25, 0.3) is 0 Å². The minimum atomic E-state index is 0.105. The van der Waals surface area contributed by atoms with Gasteiger partial charge in [0, 0.05) is 10.4 Å². The number of alkyl halides is 1. The zero-order chi connectivity index (χ0) is 12.1. The molecule has 0 aliphatic heterocycles. The summed E-state index contributed by atoms with van der Waals surface area (Å²) in [5.74, 6) is 0.771. The summed E-state index contributed by atoms with van der Waals surface area (Å²) in [7, 11) is 0. The van der Waals surface area contributed by atoms with Crippen molar-refractivity contribution in [1.82, 2.24) is 0 Å². The van der Waals surface area contributed by atoms with Crippen LogP contribution in [0.1, 0.15) is 19.4 Å². The average molecular weight is 348 g/mol. The van der Waals surface area contributed by atoms with Crippen molar-refractivity contribution in [2.75, 3.05) is 5.33 Å². The highest BCUT2D eigenvalue weighted by Gasteiger charge is 2.21. The van der Waals surface area contributed by atoms with Crippen LogP contribution in [0, 0.1) is 11.8 Å². The van der Waals surface area contributed by atoms with E-state index >= 15 is 0 Å². The Morgan fingerprint density at radius 2 is 2.06 bits per heavy atom. The van der Waals surface area contributed by atoms with Gasteiger partial charge in [-0.2, -0.15) is 0 Å². The number of hydrogen-bond donors (Lipinski definition) is 0. The van der Waals surface area contributed by atoms with E-state index in [9.17, 15) is 4.79 Å². The summed E-state index contributed by atoms with van der Waals surface area (Å²) in [4.78, 5) is 11.8. The van der Waals surface area contributed by atoms with Gasteiger partial charge < -0.3 is 0 Å². The zero-order valence-electron chi connectivity index (χ0n) is 9.54. The zero-order valence-corrected chi connectivity index (χ0v) is 12.7. The molecule has 0 aromatic heterocycles. The van der Waals surface area contributed by atoms with Crippen LogP contribution in [0.4, 0.5) is 0 Å². The predicted molar refractivity (Wildman–Crippen MR) is 75.0 cm³/mol. The highest BCUT2D eigenvalue weighted by molar-refractivity contribution is 9.10. The van der Waals surface area contributed by atoms with Crippen molar-refractivity contribution in [3.63, 3.8) is 0 Å². The maximum atomic E-state index is 11.8. The summed E-state index contributed by atoms with van der Waals surface area (Å²) in [6, 6.07) is 8.16. The van der Waals surface area contributed by atoms with Gasteiger partial charge in [-0.3, -0.25) is 4.79 Å². The van der Waals surface area contributed by atoms with E-state index in [1.54, 1.807) is 0 Å². The third-order valence-corrected chi connectivity index (χ3v) is 3.74. The van der Waals surface area contributed by atoms with Gasteiger partial charge in [-0.25, -0.2) is 0 Å². The first-order chi connectivity index (χ1) is 7.54. The molecular formula is C13H16Br2O. The molecule has 0 bridgehead atoms. The van der Waals surface area contributed by atoms with Gasteiger partial charge in [-0.05, 0) is 30.0 Å². The van der Waals surface area contributed by atoms with E-state index in [-0.39, 0.29) is 11.7 Å². The second kappa shape index (κ2) is 6.55. The first-order valence-electron chi connectivity index (χ1n) is 5.37. The number of halogens is 2. The molecule has 0 fully saturated rings. The Bertz CT molecular complexity index is 361. The maximum absolute atomic E-state index is 11.8. The van der Waals surface area contributed by atoms with E-state index in [0.29, 0.717) is 11.2 Å². The maximum Gasteiger partial charge on any atom is 0.147 e. The van der Waals surface area contributed by atoms with Crippen molar-refractivity contribution in [3.8, 4) is 0 Å². The van der Waals surface area contributed by atoms with Crippen LogP contribution in [-0.4, -0.2) is 11.1 Å². The molecule has 1 unspecified atom stereocenters. The minimum absolute atomic E-state index is 0.105. The molecule has 88 valence electrons. The minimum Gasteiger partial charge on any atom is -0.298 e. The number of Topliss-reactive ketones (excluding diaryl/α,β-unsaturated/α-hetero) is 1. The lowest BCUT2D eigenvalue weighted by Crippen LogP contribution is -2.23. The fourth-order valence-electron chi connectivity index (χ4n) is 1.74. The van der Waals surface area contributed by atoms with Crippen LogP contribution in [0.5, 0.6) is 0 Å². The van der Waals surface area contributed by atoms with Crippen molar-refractivity contribution in [2.45, 2.75) is 20.3 Å². The van der Waals surface area contributed by atoms with Crippen LogP contribution < -0.4 is 0 Å². The number of benzene rings is 1. The molecule has 3 heteroatoms. The molecule has 0 N–H and O–H groups in total. The number of ketones is 1. The van der Waals surface area contributed by atoms with E-state index in [2.05, 4.69) is 57.8 Å². The third kappa shape index (κ3) is 4.02. The number of carbonyl (C=O) groups excluding carboxylic acids is 1. The second-order valence-corrected chi connectivity index (χ2v) is 5.76. The molecule has 0 saturated heterocycles. The second-order valence-electron chi connectivity index (χ2n) is 4.28. The van der Waals surface area contributed by atoms with Crippen LogP contribution in [0.25, 0.3) is 0 Å². The molecular weight excluding hydrogens is 332 g/mol. The summed E-state index contributed by atoms with van der Waals surface area (Å²) in [6.07, 6.45) is 0.821. The van der Waals surface area contributed by atoms with Gasteiger partial charge >= 0.3 is 0 Å². The molecule has 1 rings (SSSR count). The smallest absolute Gasteiger partial charge is 0.147 e. The predicted octanol–water partition coefficient (Wildman–Crippen LogP) is 4.23. The van der Waals surface area contributed by atoms with Crippen molar-refractivity contribution in [3.05, 3.63) is 34.3 Å². The highest BCUT2D eigenvalue weighted by Crippen LogP contribution is 2.21. The molecule has 0 amide bonds. The van der Waals surface area contributed by atoms with E-state index in [0.717, 1.165) is 10.9 Å². The van der Waals surface area contributed by atoms with E-state index < -0.39 is 0 Å². The molecule has 1 aromatic carbocycles. The van der Waals surface area contributed by atoms with Crippen LogP contribution in [0.15, 0.2) is 28.7 Å².